The molecule has 0 fully saturated rings. The number of aromatic nitrogens is 3. The number of imidazole rings is 1. The maximum atomic E-state index is 5.16. The van der Waals surface area contributed by atoms with E-state index >= 15 is 0 Å². The van der Waals surface area contributed by atoms with Gasteiger partial charge in [-0.05, 0) is 32.9 Å². The fourth-order valence-corrected chi connectivity index (χ4v) is 2.20. The minimum Gasteiger partial charge on any atom is -0.383 e. The SMILES string of the molecule is COCC(C)Nc1nc(C)cn1C(C)c1ccccn1. The molecule has 0 aliphatic rings. The molecule has 2 heterocycles. The third-order valence-corrected chi connectivity index (χ3v) is 3.18. The molecular weight excluding hydrogens is 252 g/mol. The second kappa shape index (κ2) is 6.52. The fourth-order valence-electron chi connectivity index (χ4n) is 2.20. The van der Waals surface area contributed by atoms with Crippen LogP contribution in [0, 0.1) is 6.92 Å². The van der Waals surface area contributed by atoms with E-state index in [9.17, 15) is 0 Å². The second-order valence-electron chi connectivity index (χ2n) is 5.04. The molecule has 0 aromatic carbocycles. The molecule has 5 heteroatoms. The van der Waals surface area contributed by atoms with Gasteiger partial charge in [-0.25, -0.2) is 4.98 Å². The number of pyridine rings is 1. The Morgan fingerprint density at radius 1 is 1.35 bits per heavy atom. The molecule has 108 valence electrons. The van der Waals surface area contributed by atoms with E-state index in [0.717, 1.165) is 17.3 Å². The zero-order valence-electron chi connectivity index (χ0n) is 12.5. The molecule has 0 aliphatic heterocycles. The van der Waals surface area contributed by atoms with Crippen molar-refractivity contribution in [3.05, 3.63) is 42.0 Å². The molecule has 20 heavy (non-hydrogen) atoms. The van der Waals surface area contributed by atoms with E-state index in [1.165, 1.54) is 0 Å². The zero-order valence-corrected chi connectivity index (χ0v) is 12.5. The molecule has 0 spiro atoms. The van der Waals surface area contributed by atoms with E-state index in [2.05, 4.69) is 33.7 Å². The van der Waals surface area contributed by atoms with Crippen LogP contribution < -0.4 is 5.32 Å². The lowest BCUT2D eigenvalue weighted by Crippen LogP contribution is -2.24. The highest BCUT2D eigenvalue weighted by Crippen LogP contribution is 2.21. The van der Waals surface area contributed by atoms with Crippen LogP contribution in [0.1, 0.15) is 31.3 Å². The first-order chi connectivity index (χ1) is 9.61. The monoisotopic (exact) mass is 274 g/mol. The fraction of sp³-hybridized carbons (Fsp3) is 0.467. The van der Waals surface area contributed by atoms with Crippen molar-refractivity contribution in [3.8, 4) is 0 Å². The lowest BCUT2D eigenvalue weighted by molar-refractivity contribution is 0.190. The Balaban J connectivity index is 2.23. The van der Waals surface area contributed by atoms with E-state index in [4.69, 9.17) is 4.74 Å². The second-order valence-corrected chi connectivity index (χ2v) is 5.04. The average molecular weight is 274 g/mol. The zero-order chi connectivity index (χ0) is 14.5. The Bertz CT molecular complexity index is 538. The van der Waals surface area contributed by atoms with E-state index in [0.29, 0.717) is 6.61 Å². The largest absolute Gasteiger partial charge is 0.383 e. The quantitative estimate of drug-likeness (QED) is 0.880. The summed E-state index contributed by atoms with van der Waals surface area (Å²) in [4.78, 5) is 8.97. The number of ether oxygens (including phenoxy) is 1. The van der Waals surface area contributed by atoms with E-state index in [-0.39, 0.29) is 12.1 Å². The molecule has 0 radical (unpaired) electrons. The number of methoxy groups -OCH3 is 1. The van der Waals surface area contributed by atoms with Crippen LogP contribution in [0.5, 0.6) is 0 Å². The van der Waals surface area contributed by atoms with Crippen molar-refractivity contribution in [2.24, 2.45) is 0 Å². The van der Waals surface area contributed by atoms with Crippen LogP contribution in [0.4, 0.5) is 5.95 Å². The highest BCUT2D eigenvalue weighted by molar-refractivity contribution is 5.32. The average Bonchev–Trinajstić information content (AvgIpc) is 2.80. The molecule has 2 aromatic rings. The van der Waals surface area contributed by atoms with Gasteiger partial charge in [0, 0.05) is 25.5 Å². The van der Waals surface area contributed by atoms with Crippen molar-refractivity contribution in [1.29, 1.82) is 0 Å². The van der Waals surface area contributed by atoms with Crippen molar-refractivity contribution >= 4 is 5.95 Å². The molecule has 2 aromatic heterocycles. The number of rotatable bonds is 6. The van der Waals surface area contributed by atoms with Crippen LogP contribution in [-0.2, 0) is 4.74 Å². The summed E-state index contributed by atoms with van der Waals surface area (Å²) >= 11 is 0. The number of aryl methyl sites for hydroxylation is 1. The van der Waals surface area contributed by atoms with Gasteiger partial charge in [-0.3, -0.25) is 4.98 Å². The Kier molecular flexibility index (Phi) is 4.74. The summed E-state index contributed by atoms with van der Waals surface area (Å²) in [5, 5.41) is 3.38. The maximum Gasteiger partial charge on any atom is 0.203 e. The summed E-state index contributed by atoms with van der Waals surface area (Å²) in [6.07, 6.45) is 3.86. The summed E-state index contributed by atoms with van der Waals surface area (Å²) < 4.78 is 7.27. The molecule has 0 aliphatic carbocycles. The van der Waals surface area contributed by atoms with Crippen molar-refractivity contribution in [3.63, 3.8) is 0 Å². The molecule has 0 saturated heterocycles. The van der Waals surface area contributed by atoms with Crippen molar-refractivity contribution in [2.75, 3.05) is 19.0 Å². The van der Waals surface area contributed by atoms with Gasteiger partial charge in [0.2, 0.25) is 5.95 Å². The van der Waals surface area contributed by atoms with Gasteiger partial charge >= 0.3 is 0 Å². The summed E-state index contributed by atoms with van der Waals surface area (Å²) in [6.45, 7) is 6.83. The normalized spacial score (nSPS) is 14.0. The summed E-state index contributed by atoms with van der Waals surface area (Å²) in [5.74, 6) is 0.852. The minimum atomic E-state index is 0.134. The van der Waals surface area contributed by atoms with Gasteiger partial charge in [-0.15, -0.1) is 0 Å². The molecule has 0 saturated carbocycles. The highest BCUT2D eigenvalue weighted by Gasteiger charge is 2.15. The smallest absolute Gasteiger partial charge is 0.203 e. The number of nitrogens with one attached hydrogen (secondary N) is 1. The first-order valence-corrected chi connectivity index (χ1v) is 6.83. The Morgan fingerprint density at radius 3 is 2.80 bits per heavy atom. The van der Waals surface area contributed by atoms with Crippen LogP contribution in [0.25, 0.3) is 0 Å². The first-order valence-electron chi connectivity index (χ1n) is 6.83. The molecule has 0 amide bonds. The Hall–Kier alpha value is -1.88. The third-order valence-electron chi connectivity index (χ3n) is 3.18. The molecular formula is C15H22N4O. The molecule has 1 N–H and O–H groups in total. The van der Waals surface area contributed by atoms with Crippen LogP contribution in [0.15, 0.2) is 30.6 Å². The molecule has 2 rings (SSSR count). The van der Waals surface area contributed by atoms with Crippen LogP contribution in [0.3, 0.4) is 0 Å². The molecule has 2 atom stereocenters. The van der Waals surface area contributed by atoms with Crippen LogP contribution in [0.2, 0.25) is 0 Å². The highest BCUT2D eigenvalue weighted by atomic mass is 16.5. The van der Waals surface area contributed by atoms with Gasteiger partial charge in [0.1, 0.15) is 0 Å². The lowest BCUT2D eigenvalue weighted by atomic mass is 10.2. The maximum absolute atomic E-state index is 5.16. The molecule has 0 bridgehead atoms. The Labute approximate surface area is 120 Å². The lowest BCUT2D eigenvalue weighted by Gasteiger charge is -2.19. The summed E-state index contributed by atoms with van der Waals surface area (Å²) in [5.41, 5.74) is 2.01. The van der Waals surface area contributed by atoms with Gasteiger partial charge < -0.3 is 14.6 Å². The topological polar surface area (TPSA) is 52.0 Å². The summed E-state index contributed by atoms with van der Waals surface area (Å²) in [7, 11) is 1.70. The van der Waals surface area contributed by atoms with Crippen LogP contribution >= 0.6 is 0 Å². The Morgan fingerprint density at radius 2 is 2.15 bits per heavy atom. The van der Waals surface area contributed by atoms with Gasteiger partial charge in [0.25, 0.3) is 0 Å². The van der Waals surface area contributed by atoms with Gasteiger partial charge in [0.15, 0.2) is 0 Å². The number of nitrogens with zero attached hydrogens (tertiary/aromatic N) is 3. The number of anilines is 1. The summed E-state index contributed by atoms with van der Waals surface area (Å²) in [6, 6.07) is 6.30. The number of hydrogen-bond donors (Lipinski definition) is 1. The first kappa shape index (κ1) is 14.5. The van der Waals surface area contributed by atoms with Crippen LogP contribution in [-0.4, -0.2) is 34.3 Å². The molecule has 5 nitrogen and oxygen atoms in total. The van der Waals surface area contributed by atoms with Crippen molar-refractivity contribution in [2.45, 2.75) is 32.9 Å². The van der Waals surface area contributed by atoms with Crippen molar-refractivity contribution < 1.29 is 4.74 Å². The predicted octanol–water partition coefficient (Wildman–Crippen LogP) is 2.64. The van der Waals surface area contributed by atoms with Gasteiger partial charge in [-0.1, -0.05) is 6.07 Å². The van der Waals surface area contributed by atoms with Gasteiger partial charge in [0.05, 0.1) is 24.0 Å². The van der Waals surface area contributed by atoms with E-state index < -0.39 is 0 Å². The van der Waals surface area contributed by atoms with Crippen molar-refractivity contribution in [1.82, 2.24) is 14.5 Å². The van der Waals surface area contributed by atoms with Gasteiger partial charge in [-0.2, -0.15) is 0 Å². The van der Waals surface area contributed by atoms with E-state index in [1.807, 2.05) is 37.5 Å². The molecule has 2 unspecified atom stereocenters. The van der Waals surface area contributed by atoms with E-state index in [1.54, 1.807) is 7.11 Å². The standard InChI is InChI=1S/C15H22N4O/c1-11-9-19(13(3)14-7-5-6-8-16-14)15(17-11)18-12(2)10-20-4/h5-9,12-13H,10H2,1-4H3,(H,17,18). The number of hydrogen-bond acceptors (Lipinski definition) is 4. The third kappa shape index (κ3) is 3.36. The minimum absolute atomic E-state index is 0.134. The predicted molar refractivity (Wildman–Crippen MR) is 80.0 cm³/mol.